The number of fused-ring (bicyclic) bond motifs is 1. The lowest BCUT2D eigenvalue weighted by molar-refractivity contribution is 0.0501. The van der Waals surface area contributed by atoms with Crippen LogP contribution in [0.25, 0.3) is 5.52 Å². The molecule has 21 heavy (non-hydrogen) atoms. The van der Waals surface area contributed by atoms with Gasteiger partial charge in [0.05, 0.1) is 11.6 Å². The van der Waals surface area contributed by atoms with Crippen molar-refractivity contribution in [2.24, 2.45) is 0 Å². The lowest BCUT2D eigenvalue weighted by atomic mass is 10.1. The summed E-state index contributed by atoms with van der Waals surface area (Å²) in [5.41, 5.74) is 2.98. The van der Waals surface area contributed by atoms with Crippen molar-refractivity contribution in [1.29, 1.82) is 0 Å². The Bertz CT molecular complexity index is 799. The molecule has 1 fully saturated rings. The number of pyridine rings is 1. The van der Waals surface area contributed by atoms with Gasteiger partial charge >= 0.3 is 0 Å². The highest BCUT2D eigenvalue weighted by Crippen LogP contribution is 2.23. The molecular weight excluding hydrogens is 266 g/mol. The maximum atomic E-state index is 12.5. The van der Waals surface area contributed by atoms with E-state index >= 15 is 0 Å². The summed E-state index contributed by atoms with van der Waals surface area (Å²) in [5.74, 6) is 0.0782. The first-order chi connectivity index (χ1) is 10.2. The van der Waals surface area contributed by atoms with Crippen molar-refractivity contribution in [3.8, 4) is 0 Å². The first kappa shape index (κ1) is 12.1. The van der Waals surface area contributed by atoms with Gasteiger partial charge in [-0.2, -0.15) is 5.10 Å². The van der Waals surface area contributed by atoms with Crippen molar-refractivity contribution < 1.29 is 4.79 Å². The Morgan fingerprint density at radius 3 is 2.95 bits per heavy atom. The number of carbonyl (C=O) groups excluding carboxylic acids is 1. The molecule has 1 aliphatic rings. The number of hydrogen-bond donors (Lipinski definition) is 0. The molecule has 0 unspecified atom stereocenters. The second-order valence-corrected chi connectivity index (χ2v) is 5.45. The standard InChI is InChI=1S/C15H15N5O/c1-11-3-2-4-18-6-12(5-14(11)18)15(21)19-7-13(8-19)20-10-16-9-17-20/h2-6,9-10,13H,7-8H2,1H3. The maximum absolute atomic E-state index is 12.5. The minimum absolute atomic E-state index is 0.0782. The number of aryl methyl sites for hydroxylation is 1. The molecule has 1 amide bonds. The monoisotopic (exact) mass is 281 g/mol. The molecule has 3 aromatic heterocycles. The number of nitrogens with zero attached hydrogens (tertiary/aromatic N) is 5. The fraction of sp³-hybridized carbons (Fsp3) is 0.267. The molecule has 0 saturated carbocycles. The van der Waals surface area contributed by atoms with E-state index in [-0.39, 0.29) is 11.9 Å². The summed E-state index contributed by atoms with van der Waals surface area (Å²) in [6.45, 7) is 3.43. The number of likely N-dealkylation sites (tertiary alicyclic amines) is 1. The van der Waals surface area contributed by atoms with Crippen LogP contribution in [0.3, 0.4) is 0 Å². The highest BCUT2D eigenvalue weighted by Gasteiger charge is 2.33. The molecule has 0 aromatic carbocycles. The van der Waals surface area contributed by atoms with Gasteiger partial charge in [0.1, 0.15) is 12.7 Å². The molecule has 0 aliphatic carbocycles. The summed E-state index contributed by atoms with van der Waals surface area (Å²) >= 11 is 0. The number of carbonyl (C=O) groups is 1. The zero-order valence-corrected chi connectivity index (χ0v) is 11.7. The van der Waals surface area contributed by atoms with Crippen LogP contribution in [0.2, 0.25) is 0 Å². The van der Waals surface area contributed by atoms with Crippen LogP contribution in [-0.4, -0.2) is 43.1 Å². The van der Waals surface area contributed by atoms with Gasteiger partial charge in [-0.25, -0.2) is 9.67 Å². The minimum Gasteiger partial charge on any atom is -0.334 e. The fourth-order valence-corrected chi connectivity index (χ4v) is 2.78. The molecule has 0 spiro atoms. The van der Waals surface area contributed by atoms with E-state index in [0.717, 1.165) is 11.1 Å². The number of amides is 1. The highest BCUT2D eigenvalue weighted by molar-refractivity contribution is 5.96. The number of hydrogen-bond acceptors (Lipinski definition) is 3. The van der Waals surface area contributed by atoms with Crippen LogP contribution in [0.15, 0.2) is 43.2 Å². The van der Waals surface area contributed by atoms with Crippen LogP contribution in [0.4, 0.5) is 0 Å². The molecular formula is C15H15N5O. The second-order valence-electron chi connectivity index (χ2n) is 5.45. The molecule has 0 N–H and O–H groups in total. The summed E-state index contributed by atoms with van der Waals surface area (Å²) in [5, 5.41) is 4.11. The SMILES string of the molecule is Cc1cccn2cc(C(=O)N3CC(n4cncn4)C3)cc12. The van der Waals surface area contributed by atoms with E-state index in [4.69, 9.17) is 0 Å². The van der Waals surface area contributed by atoms with Crippen molar-refractivity contribution in [3.05, 3.63) is 54.4 Å². The Labute approximate surface area is 121 Å². The van der Waals surface area contributed by atoms with Gasteiger partial charge in [0.25, 0.3) is 5.91 Å². The summed E-state index contributed by atoms with van der Waals surface area (Å²) in [6.07, 6.45) is 7.08. The Hall–Kier alpha value is -2.63. The molecule has 6 nitrogen and oxygen atoms in total. The maximum Gasteiger partial charge on any atom is 0.255 e. The van der Waals surface area contributed by atoms with E-state index in [1.165, 1.54) is 11.9 Å². The van der Waals surface area contributed by atoms with Crippen LogP contribution in [-0.2, 0) is 0 Å². The summed E-state index contributed by atoms with van der Waals surface area (Å²) < 4.78 is 3.81. The predicted molar refractivity (Wildman–Crippen MR) is 77.1 cm³/mol. The van der Waals surface area contributed by atoms with Crippen LogP contribution in [0, 0.1) is 6.92 Å². The van der Waals surface area contributed by atoms with Gasteiger partial charge in [-0.3, -0.25) is 4.79 Å². The van der Waals surface area contributed by atoms with E-state index in [9.17, 15) is 4.79 Å². The third-order valence-corrected chi connectivity index (χ3v) is 4.05. The van der Waals surface area contributed by atoms with Gasteiger partial charge < -0.3 is 9.30 Å². The Balaban J connectivity index is 1.54. The summed E-state index contributed by atoms with van der Waals surface area (Å²) in [6, 6.07) is 6.24. The molecule has 1 aliphatic heterocycles. The van der Waals surface area contributed by atoms with E-state index < -0.39 is 0 Å². The van der Waals surface area contributed by atoms with Gasteiger partial charge in [-0.15, -0.1) is 0 Å². The highest BCUT2D eigenvalue weighted by atomic mass is 16.2. The van der Waals surface area contributed by atoms with Crippen molar-refractivity contribution in [2.45, 2.75) is 13.0 Å². The first-order valence-electron chi connectivity index (χ1n) is 6.93. The molecule has 4 heterocycles. The molecule has 1 saturated heterocycles. The van der Waals surface area contributed by atoms with E-state index in [1.54, 1.807) is 6.33 Å². The fourth-order valence-electron chi connectivity index (χ4n) is 2.78. The number of aromatic nitrogens is 4. The molecule has 0 bridgehead atoms. The van der Waals surface area contributed by atoms with Gasteiger partial charge in [0.15, 0.2) is 0 Å². The Morgan fingerprint density at radius 2 is 2.24 bits per heavy atom. The third-order valence-electron chi connectivity index (χ3n) is 4.05. The van der Waals surface area contributed by atoms with Crippen LogP contribution in [0.1, 0.15) is 22.0 Å². The molecule has 3 aromatic rings. The zero-order chi connectivity index (χ0) is 14.4. The van der Waals surface area contributed by atoms with Crippen molar-refractivity contribution in [1.82, 2.24) is 24.1 Å². The quantitative estimate of drug-likeness (QED) is 0.716. The van der Waals surface area contributed by atoms with Gasteiger partial charge in [0.2, 0.25) is 0 Å². The molecule has 4 rings (SSSR count). The van der Waals surface area contributed by atoms with Gasteiger partial charge in [-0.1, -0.05) is 6.07 Å². The van der Waals surface area contributed by atoms with E-state index in [0.29, 0.717) is 13.1 Å². The molecule has 6 heteroatoms. The normalized spacial score (nSPS) is 15.4. The van der Waals surface area contributed by atoms with Crippen LogP contribution in [0.5, 0.6) is 0 Å². The molecule has 0 atom stereocenters. The molecule has 106 valence electrons. The van der Waals surface area contributed by atoms with E-state index in [1.807, 2.05) is 51.5 Å². The second kappa shape index (κ2) is 4.44. The first-order valence-corrected chi connectivity index (χ1v) is 6.93. The van der Waals surface area contributed by atoms with Gasteiger partial charge in [-0.05, 0) is 24.6 Å². The predicted octanol–water partition coefficient (Wildman–Crippen LogP) is 1.54. The average Bonchev–Trinajstić information content (AvgIpc) is 3.05. The van der Waals surface area contributed by atoms with E-state index in [2.05, 4.69) is 10.1 Å². The largest absolute Gasteiger partial charge is 0.334 e. The third kappa shape index (κ3) is 1.91. The lowest BCUT2D eigenvalue weighted by Crippen LogP contribution is -2.50. The zero-order valence-electron chi connectivity index (χ0n) is 11.7. The summed E-state index contributed by atoms with van der Waals surface area (Å²) in [7, 11) is 0. The van der Waals surface area contributed by atoms with Crippen molar-refractivity contribution >= 4 is 11.4 Å². The topological polar surface area (TPSA) is 55.4 Å². The number of rotatable bonds is 2. The summed E-state index contributed by atoms with van der Waals surface area (Å²) in [4.78, 5) is 18.3. The Morgan fingerprint density at radius 1 is 1.38 bits per heavy atom. The van der Waals surface area contributed by atoms with Crippen LogP contribution >= 0.6 is 0 Å². The van der Waals surface area contributed by atoms with Crippen molar-refractivity contribution in [2.75, 3.05) is 13.1 Å². The van der Waals surface area contributed by atoms with Gasteiger partial charge in [0, 0.05) is 31.0 Å². The average molecular weight is 281 g/mol. The Kier molecular flexibility index (Phi) is 2.57. The van der Waals surface area contributed by atoms with Crippen molar-refractivity contribution in [3.63, 3.8) is 0 Å². The smallest absolute Gasteiger partial charge is 0.255 e. The minimum atomic E-state index is 0.0782. The lowest BCUT2D eigenvalue weighted by Gasteiger charge is -2.38. The van der Waals surface area contributed by atoms with Crippen LogP contribution < -0.4 is 0 Å². The molecule has 0 radical (unpaired) electrons.